The zero-order chi connectivity index (χ0) is 12.3. The highest BCUT2D eigenvalue weighted by Crippen LogP contribution is 2.06. The van der Waals surface area contributed by atoms with Crippen molar-refractivity contribution in [2.24, 2.45) is 0 Å². The maximum Gasteiger partial charge on any atom is 0.264 e. The SMILES string of the molecule is Cc1ccccc1C(=O)NCc1cc(=O)[nH][nH]1. The first-order valence-electron chi connectivity index (χ1n) is 5.27. The van der Waals surface area contributed by atoms with Crippen LogP contribution in [0.15, 0.2) is 35.1 Å². The summed E-state index contributed by atoms with van der Waals surface area (Å²) in [6, 6.07) is 8.77. The summed E-state index contributed by atoms with van der Waals surface area (Å²) < 4.78 is 0. The van der Waals surface area contributed by atoms with Gasteiger partial charge in [0.2, 0.25) is 0 Å². The summed E-state index contributed by atoms with van der Waals surface area (Å²) in [7, 11) is 0. The molecule has 88 valence electrons. The van der Waals surface area contributed by atoms with Crippen molar-refractivity contribution in [2.45, 2.75) is 13.5 Å². The standard InChI is InChI=1S/C12H13N3O2/c1-8-4-2-3-5-10(8)12(17)13-7-9-6-11(16)15-14-9/h2-6H,7H2,1H3,(H,13,17)(H2,14,15,16). The summed E-state index contributed by atoms with van der Waals surface area (Å²) in [6.45, 7) is 2.18. The molecule has 1 heterocycles. The lowest BCUT2D eigenvalue weighted by molar-refractivity contribution is 0.0950. The van der Waals surface area contributed by atoms with Gasteiger partial charge in [-0.25, -0.2) is 0 Å². The first-order chi connectivity index (χ1) is 8.16. The van der Waals surface area contributed by atoms with Gasteiger partial charge in [0, 0.05) is 11.6 Å². The highest BCUT2D eigenvalue weighted by atomic mass is 16.1. The Morgan fingerprint density at radius 2 is 2.06 bits per heavy atom. The molecule has 0 radical (unpaired) electrons. The third-order valence-corrected chi connectivity index (χ3v) is 2.48. The molecule has 0 aliphatic carbocycles. The smallest absolute Gasteiger partial charge is 0.264 e. The summed E-state index contributed by atoms with van der Waals surface area (Å²) in [6.07, 6.45) is 0. The zero-order valence-electron chi connectivity index (χ0n) is 9.41. The van der Waals surface area contributed by atoms with E-state index in [1.54, 1.807) is 6.07 Å². The molecular formula is C12H13N3O2. The van der Waals surface area contributed by atoms with E-state index in [1.807, 2.05) is 25.1 Å². The minimum absolute atomic E-state index is 0.148. The largest absolute Gasteiger partial charge is 0.346 e. The molecule has 2 aromatic rings. The lowest BCUT2D eigenvalue weighted by Gasteiger charge is -2.05. The van der Waals surface area contributed by atoms with Gasteiger partial charge in [0.25, 0.3) is 11.5 Å². The summed E-state index contributed by atoms with van der Waals surface area (Å²) >= 11 is 0. The number of rotatable bonds is 3. The average Bonchev–Trinajstić information content (AvgIpc) is 2.73. The van der Waals surface area contributed by atoms with Crippen LogP contribution >= 0.6 is 0 Å². The Kier molecular flexibility index (Phi) is 3.09. The molecule has 0 fully saturated rings. The highest BCUT2D eigenvalue weighted by molar-refractivity contribution is 5.95. The fraction of sp³-hybridized carbons (Fsp3) is 0.167. The number of benzene rings is 1. The quantitative estimate of drug-likeness (QED) is 0.735. The Labute approximate surface area is 97.9 Å². The molecule has 1 aromatic carbocycles. The van der Waals surface area contributed by atoms with Crippen molar-refractivity contribution in [3.8, 4) is 0 Å². The van der Waals surface area contributed by atoms with Crippen molar-refractivity contribution in [3.63, 3.8) is 0 Å². The minimum atomic E-state index is -0.204. The number of carbonyl (C=O) groups excluding carboxylic acids is 1. The van der Waals surface area contributed by atoms with Crippen molar-refractivity contribution in [2.75, 3.05) is 0 Å². The maximum atomic E-state index is 11.8. The normalized spacial score (nSPS) is 10.2. The summed E-state index contributed by atoms with van der Waals surface area (Å²) in [5.74, 6) is -0.148. The maximum absolute atomic E-state index is 11.8. The molecule has 5 heteroatoms. The monoisotopic (exact) mass is 231 g/mol. The molecule has 0 spiro atoms. The van der Waals surface area contributed by atoms with E-state index >= 15 is 0 Å². The van der Waals surface area contributed by atoms with Crippen LogP contribution in [0.25, 0.3) is 0 Å². The number of amides is 1. The minimum Gasteiger partial charge on any atom is -0.346 e. The summed E-state index contributed by atoms with van der Waals surface area (Å²) in [4.78, 5) is 22.7. The van der Waals surface area contributed by atoms with Crippen molar-refractivity contribution in [1.29, 1.82) is 0 Å². The lowest BCUT2D eigenvalue weighted by Crippen LogP contribution is -2.23. The number of hydrogen-bond donors (Lipinski definition) is 3. The van der Waals surface area contributed by atoms with Gasteiger partial charge in [-0.05, 0) is 18.6 Å². The van der Waals surface area contributed by atoms with Gasteiger partial charge in [0.1, 0.15) is 0 Å². The van der Waals surface area contributed by atoms with Crippen LogP contribution in [0.1, 0.15) is 21.6 Å². The van der Waals surface area contributed by atoms with Gasteiger partial charge in [0.05, 0.1) is 12.2 Å². The van der Waals surface area contributed by atoms with Crippen LogP contribution in [0.3, 0.4) is 0 Å². The molecule has 3 N–H and O–H groups in total. The summed E-state index contributed by atoms with van der Waals surface area (Å²) in [5.41, 5.74) is 2.01. The predicted octanol–water partition coefficient (Wildman–Crippen LogP) is 0.941. The molecule has 17 heavy (non-hydrogen) atoms. The van der Waals surface area contributed by atoms with Gasteiger partial charge >= 0.3 is 0 Å². The Hall–Kier alpha value is -2.30. The first kappa shape index (κ1) is 11.2. The number of H-pyrrole nitrogens is 2. The first-order valence-corrected chi connectivity index (χ1v) is 5.27. The van der Waals surface area contributed by atoms with Crippen LogP contribution < -0.4 is 10.9 Å². The number of aromatic nitrogens is 2. The fourth-order valence-corrected chi connectivity index (χ4v) is 1.57. The van der Waals surface area contributed by atoms with Gasteiger partial charge < -0.3 is 10.4 Å². The third-order valence-electron chi connectivity index (χ3n) is 2.48. The van der Waals surface area contributed by atoms with Gasteiger partial charge in [-0.3, -0.25) is 14.7 Å². The van der Waals surface area contributed by atoms with Crippen molar-refractivity contribution in [3.05, 3.63) is 57.5 Å². The Bertz CT molecular complexity index is 583. The summed E-state index contributed by atoms with van der Waals surface area (Å²) in [5, 5.41) is 7.83. The van der Waals surface area contributed by atoms with E-state index in [1.165, 1.54) is 6.07 Å². The van der Waals surface area contributed by atoms with Crippen LogP contribution in [0.5, 0.6) is 0 Å². The molecule has 5 nitrogen and oxygen atoms in total. The van der Waals surface area contributed by atoms with Crippen molar-refractivity contribution < 1.29 is 4.79 Å². The fourth-order valence-electron chi connectivity index (χ4n) is 1.57. The number of carbonyl (C=O) groups is 1. The number of aryl methyl sites for hydroxylation is 1. The molecule has 2 rings (SSSR count). The highest BCUT2D eigenvalue weighted by Gasteiger charge is 2.07. The van der Waals surface area contributed by atoms with E-state index in [0.29, 0.717) is 17.8 Å². The van der Waals surface area contributed by atoms with E-state index in [9.17, 15) is 9.59 Å². The third kappa shape index (κ3) is 2.63. The van der Waals surface area contributed by atoms with E-state index in [4.69, 9.17) is 0 Å². The van der Waals surface area contributed by atoms with E-state index in [-0.39, 0.29) is 11.5 Å². The van der Waals surface area contributed by atoms with E-state index in [0.717, 1.165) is 5.56 Å². The van der Waals surface area contributed by atoms with Gasteiger partial charge in [-0.2, -0.15) is 0 Å². The van der Waals surface area contributed by atoms with Crippen molar-refractivity contribution >= 4 is 5.91 Å². The molecule has 0 aliphatic rings. The molecule has 1 amide bonds. The number of aromatic amines is 2. The molecule has 0 bridgehead atoms. The molecule has 0 saturated carbocycles. The van der Waals surface area contributed by atoms with Crippen LogP contribution in [0.4, 0.5) is 0 Å². The van der Waals surface area contributed by atoms with Crippen LogP contribution in [0, 0.1) is 6.92 Å². The van der Waals surface area contributed by atoms with Crippen LogP contribution in [0.2, 0.25) is 0 Å². The molecule has 0 atom stereocenters. The van der Waals surface area contributed by atoms with Crippen LogP contribution in [-0.4, -0.2) is 16.1 Å². The second kappa shape index (κ2) is 4.69. The van der Waals surface area contributed by atoms with Gasteiger partial charge in [-0.1, -0.05) is 18.2 Å². The van der Waals surface area contributed by atoms with E-state index in [2.05, 4.69) is 15.5 Å². The predicted molar refractivity (Wildman–Crippen MR) is 63.8 cm³/mol. The van der Waals surface area contributed by atoms with Gasteiger partial charge in [-0.15, -0.1) is 0 Å². The van der Waals surface area contributed by atoms with E-state index < -0.39 is 0 Å². The Balaban J connectivity index is 2.03. The number of nitrogens with one attached hydrogen (secondary N) is 3. The van der Waals surface area contributed by atoms with Gasteiger partial charge in [0.15, 0.2) is 0 Å². The topological polar surface area (TPSA) is 77.8 Å². The molecule has 0 unspecified atom stereocenters. The lowest BCUT2D eigenvalue weighted by atomic mass is 10.1. The molecule has 0 saturated heterocycles. The van der Waals surface area contributed by atoms with Crippen LogP contribution in [-0.2, 0) is 6.54 Å². The number of hydrogen-bond acceptors (Lipinski definition) is 2. The second-order valence-electron chi connectivity index (χ2n) is 3.78. The Morgan fingerprint density at radius 3 is 2.71 bits per heavy atom. The second-order valence-corrected chi connectivity index (χ2v) is 3.78. The average molecular weight is 231 g/mol. The molecule has 1 aromatic heterocycles. The molecular weight excluding hydrogens is 218 g/mol. The Morgan fingerprint density at radius 1 is 1.29 bits per heavy atom. The molecule has 0 aliphatic heterocycles. The van der Waals surface area contributed by atoms with Crippen molar-refractivity contribution in [1.82, 2.24) is 15.5 Å². The zero-order valence-corrected chi connectivity index (χ0v) is 9.41.